The van der Waals surface area contributed by atoms with Gasteiger partial charge in [-0.15, -0.1) is 0 Å². The minimum atomic E-state index is 0.560. The molecule has 0 fully saturated rings. The second-order valence-electron chi connectivity index (χ2n) is 3.70. The zero-order valence-corrected chi connectivity index (χ0v) is 8.89. The molecule has 2 heteroatoms. The van der Waals surface area contributed by atoms with Crippen LogP contribution in [0.15, 0.2) is 12.4 Å². The van der Waals surface area contributed by atoms with Crippen LogP contribution >= 0.6 is 0 Å². The first kappa shape index (κ1) is 10.2. The molecule has 0 atom stereocenters. The normalized spacial score (nSPS) is 10.8. The lowest BCUT2D eigenvalue weighted by molar-refractivity contribution is 0.786. The van der Waals surface area contributed by atoms with Crippen molar-refractivity contribution in [3.63, 3.8) is 0 Å². The number of rotatable bonds is 3. The number of aromatic nitrogens is 1. The molecule has 0 bridgehead atoms. The van der Waals surface area contributed by atoms with Crippen LogP contribution in [0, 0.1) is 6.92 Å². The summed E-state index contributed by atoms with van der Waals surface area (Å²) in [7, 11) is 1.96. The van der Waals surface area contributed by atoms with Gasteiger partial charge < -0.3 is 5.32 Å². The largest absolute Gasteiger partial charge is 0.316 e. The zero-order valence-electron chi connectivity index (χ0n) is 8.89. The van der Waals surface area contributed by atoms with Gasteiger partial charge >= 0.3 is 0 Å². The Bertz CT molecular complexity index is 279. The summed E-state index contributed by atoms with van der Waals surface area (Å²) >= 11 is 0. The molecule has 72 valence electrons. The maximum atomic E-state index is 4.25. The fraction of sp³-hybridized carbons (Fsp3) is 0.545. The Kier molecular flexibility index (Phi) is 3.43. The molecule has 0 spiro atoms. The van der Waals surface area contributed by atoms with Crippen molar-refractivity contribution in [2.75, 3.05) is 7.05 Å². The summed E-state index contributed by atoms with van der Waals surface area (Å²) in [4.78, 5) is 4.25. The highest BCUT2D eigenvalue weighted by Gasteiger charge is 2.06. The van der Waals surface area contributed by atoms with Crippen LogP contribution in [0.25, 0.3) is 0 Å². The number of hydrogen-bond acceptors (Lipinski definition) is 2. The second-order valence-corrected chi connectivity index (χ2v) is 3.70. The molecule has 0 aliphatic carbocycles. The number of nitrogens with zero attached hydrogens (tertiary/aromatic N) is 1. The molecule has 0 unspecified atom stereocenters. The predicted molar refractivity (Wildman–Crippen MR) is 55.8 cm³/mol. The Hall–Kier alpha value is -0.890. The smallest absolute Gasteiger partial charge is 0.0315 e. The predicted octanol–water partition coefficient (Wildman–Crippen LogP) is 2.23. The van der Waals surface area contributed by atoms with E-state index in [-0.39, 0.29) is 0 Å². The lowest BCUT2D eigenvalue weighted by Crippen LogP contribution is -2.08. The van der Waals surface area contributed by atoms with Gasteiger partial charge in [0.1, 0.15) is 0 Å². The molecule has 1 aromatic heterocycles. The molecule has 1 rings (SSSR count). The van der Waals surface area contributed by atoms with Crippen LogP contribution in [0.5, 0.6) is 0 Å². The van der Waals surface area contributed by atoms with E-state index >= 15 is 0 Å². The van der Waals surface area contributed by atoms with E-state index in [1.165, 1.54) is 16.7 Å². The van der Waals surface area contributed by atoms with Crippen LogP contribution in [0.2, 0.25) is 0 Å². The van der Waals surface area contributed by atoms with Gasteiger partial charge in [-0.1, -0.05) is 13.8 Å². The van der Waals surface area contributed by atoms with Crippen molar-refractivity contribution in [3.05, 3.63) is 29.1 Å². The van der Waals surface area contributed by atoms with E-state index in [0.29, 0.717) is 5.92 Å². The van der Waals surface area contributed by atoms with Crippen molar-refractivity contribution >= 4 is 0 Å². The lowest BCUT2D eigenvalue weighted by Gasteiger charge is -2.12. The Morgan fingerprint density at radius 3 is 2.62 bits per heavy atom. The van der Waals surface area contributed by atoms with Gasteiger partial charge in [-0.2, -0.15) is 0 Å². The van der Waals surface area contributed by atoms with Gasteiger partial charge in [-0.25, -0.2) is 0 Å². The summed E-state index contributed by atoms with van der Waals surface area (Å²) in [5.74, 6) is 0.560. The Morgan fingerprint density at radius 2 is 2.08 bits per heavy atom. The van der Waals surface area contributed by atoms with Crippen molar-refractivity contribution in [1.29, 1.82) is 0 Å². The van der Waals surface area contributed by atoms with Gasteiger partial charge in [0.2, 0.25) is 0 Å². The SMILES string of the molecule is CNCc1cncc(C(C)C)c1C. The lowest BCUT2D eigenvalue weighted by atomic mass is 9.97. The van der Waals surface area contributed by atoms with Gasteiger partial charge in [0, 0.05) is 18.9 Å². The Balaban J connectivity index is 3.03. The molecule has 0 saturated heterocycles. The highest BCUT2D eigenvalue weighted by Crippen LogP contribution is 2.20. The summed E-state index contributed by atoms with van der Waals surface area (Å²) in [5, 5.41) is 3.15. The van der Waals surface area contributed by atoms with Crippen LogP contribution in [0.3, 0.4) is 0 Å². The first-order valence-corrected chi connectivity index (χ1v) is 4.74. The third kappa shape index (κ3) is 2.28. The van der Waals surface area contributed by atoms with Gasteiger partial charge in [0.15, 0.2) is 0 Å². The van der Waals surface area contributed by atoms with E-state index < -0.39 is 0 Å². The molecule has 0 aliphatic rings. The fourth-order valence-electron chi connectivity index (χ4n) is 1.54. The van der Waals surface area contributed by atoms with Crippen LogP contribution in [0.4, 0.5) is 0 Å². The van der Waals surface area contributed by atoms with Crippen LogP contribution in [0.1, 0.15) is 36.5 Å². The molecule has 2 nitrogen and oxygen atoms in total. The number of hydrogen-bond donors (Lipinski definition) is 1. The average Bonchev–Trinajstić information content (AvgIpc) is 2.08. The van der Waals surface area contributed by atoms with E-state index in [1.807, 2.05) is 19.4 Å². The molecule has 0 aromatic carbocycles. The molecular weight excluding hydrogens is 160 g/mol. The Labute approximate surface area is 80.4 Å². The minimum absolute atomic E-state index is 0.560. The maximum absolute atomic E-state index is 4.25. The topological polar surface area (TPSA) is 24.9 Å². The quantitative estimate of drug-likeness (QED) is 0.767. The highest BCUT2D eigenvalue weighted by atomic mass is 14.8. The van der Waals surface area contributed by atoms with E-state index in [9.17, 15) is 0 Å². The molecule has 0 amide bonds. The van der Waals surface area contributed by atoms with Crippen LogP contribution < -0.4 is 5.32 Å². The summed E-state index contributed by atoms with van der Waals surface area (Å²) in [6, 6.07) is 0. The maximum Gasteiger partial charge on any atom is 0.0315 e. The highest BCUT2D eigenvalue weighted by molar-refractivity contribution is 5.32. The molecule has 0 radical (unpaired) electrons. The van der Waals surface area contributed by atoms with Gasteiger partial charge in [-0.3, -0.25) is 4.98 Å². The van der Waals surface area contributed by atoms with E-state index in [0.717, 1.165) is 6.54 Å². The summed E-state index contributed by atoms with van der Waals surface area (Å²) in [6.07, 6.45) is 3.91. The van der Waals surface area contributed by atoms with Crippen molar-refractivity contribution in [2.45, 2.75) is 33.2 Å². The monoisotopic (exact) mass is 178 g/mol. The molecule has 1 N–H and O–H groups in total. The molecule has 1 heterocycles. The second kappa shape index (κ2) is 4.38. The van der Waals surface area contributed by atoms with Crippen molar-refractivity contribution in [2.24, 2.45) is 0 Å². The van der Waals surface area contributed by atoms with E-state index in [4.69, 9.17) is 0 Å². The third-order valence-corrected chi connectivity index (χ3v) is 2.35. The summed E-state index contributed by atoms with van der Waals surface area (Å²) < 4.78 is 0. The summed E-state index contributed by atoms with van der Waals surface area (Å²) in [6.45, 7) is 7.48. The first-order chi connectivity index (χ1) is 6.16. The van der Waals surface area contributed by atoms with E-state index in [2.05, 4.69) is 31.1 Å². The van der Waals surface area contributed by atoms with Gasteiger partial charge in [-0.05, 0) is 36.6 Å². The molecule has 0 saturated carbocycles. The van der Waals surface area contributed by atoms with Crippen molar-refractivity contribution in [3.8, 4) is 0 Å². The van der Waals surface area contributed by atoms with E-state index in [1.54, 1.807) is 0 Å². The average molecular weight is 178 g/mol. The van der Waals surface area contributed by atoms with Crippen LogP contribution in [-0.4, -0.2) is 12.0 Å². The summed E-state index contributed by atoms with van der Waals surface area (Å²) in [5.41, 5.74) is 4.03. The number of pyridine rings is 1. The zero-order chi connectivity index (χ0) is 9.84. The molecule has 1 aromatic rings. The van der Waals surface area contributed by atoms with Crippen LogP contribution in [-0.2, 0) is 6.54 Å². The minimum Gasteiger partial charge on any atom is -0.316 e. The van der Waals surface area contributed by atoms with Crippen molar-refractivity contribution in [1.82, 2.24) is 10.3 Å². The van der Waals surface area contributed by atoms with Gasteiger partial charge in [0.05, 0.1) is 0 Å². The Morgan fingerprint density at radius 1 is 1.38 bits per heavy atom. The van der Waals surface area contributed by atoms with Crippen molar-refractivity contribution < 1.29 is 0 Å². The fourth-order valence-corrected chi connectivity index (χ4v) is 1.54. The molecule has 13 heavy (non-hydrogen) atoms. The third-order valence-electron chi connectivity index (χ3n) is 2.35. The standard InChI is InChI=1S/C11H18N2/c1-8(2)11-7-13-6-10(5-12-4)9(11)3/h6-8,12H,5H2,1-4H3. The first-order valence-electron chi connectivity index (χ1n) is 4.74. The molecule has 0 aliphatic heterocycles. The van der Waals surface area contributed by atoms with Gasteiger partial charge in [0.25, 0.3) is 0 Å². The molecular formula is C11H18N2. The number of nitrogens with one attached hydrogen (secondary N) is 1.